The minimum Gasteiger partial charge on any atom is -0.377 e. The van der Waals surface area contributed by atoms with Crippen molar-refractivity contribution in [1.82, 2.24) is 0 Å². The van der Waals surface area contributed by atoms with Gasteiger partial charge in [0.1, 0.15) is 0 Å². The van der Waals surface area contributed by atoms with Crippen LogP contribution < -0.4 is 5.32 Å². The second-order valence-electron chi connectivity index (χ2n) is 4.41. The summed E-state index contributed by atoms with van der Waals surface area (Å²) >= 11 is 8.90. The summed E-state index contributed by atoms with van der Waals surface area (Å²) in [6.45, 7) is 6.46. The van der Waals surface area contributed by atoms with Crippen molar-refractivity contribution in [3.63, 3.8) is 0 Å². The zero-order valence-corrected chi connectivity index (χ0v) is 14.5. The lowest BCUT2D eigenvalue weighted by Crippen LogP contribution is -2.08. The van der Waals surface area contributed by atoms with Gasteiger partial charge in [-0.3, -0.25) is 0 Å². The van der Waals surface area contributed by atoms with Gasteiger partial charge in [-0.25, -0.2) is 0 Å². The van der Waals surface area contributed by atoms with Crippen molar-refractivity contribution >= 4 is 48.9 Å². The van der Waals surface area contributed by atoms with E-state index >= 15 is 0 Å². The van der Waals surface area contributed by atoms with Crippen LogP contribution in [0.25, 0.3) is 0 Å². The monoisotopic (exact) mass is 387 g/mol. The molecule has 0 aliphatic rings. The molecule has 1 atom stereocenters. The summed E-state index contributed by atoms with van der Waals surface area (Å²) < 4.78 is 2.31. The number of benzene rings is 1. The average molecular weight is 389 g/mol. The van der Waals surface area contributed by atoms with Crippen molar-refractivity contribution in [3.8, 4) is 0 Å². The van der Waals surface area contributed by atoms with E-state index in [-0.39, 0.29) is 0 Å². The summed E-state index contributed by atoms with van der Waals surface area (Å²) in [6.07, 6.45) is 0. The van der Waals surface area contributed by atoms with Gasteiger partial charge in [0.25, 0.3) is 0 Å². The molecule has 1 aromatic heterocycles. The summed E-state index contributed by atoms with van der Waals surface area (Å²) in [5.74, 6) is 0. The number of hydrogen-bond acceptors (Lipinski definition) is 2. The molecule has 0 amide bonds. The number of nitrogens with one attached hydrogen (secondary N) is 1. The van der Waals surface area contributed by atoms with Gasteiger partial charge in [-0.2, -0.15) is 0 Å². The zero-order valence-electron chi connectivity index (χ0n) is 10.6. The molecular formula is C14H15Br2NS. The van der Waals surface area contributed by atoms with E-state index in [1.165, 1.54) is 26.2 Å². The van der Waals surface area contributed by atoms with Crippen LogP contribution in [0.1, 0.15) is 29.0 Å². The molecule has 0 saturated carbocycles. The average Bonchev–Trinajstić information content (AvgIpc) is 2.69. The molecule has 18 heavy (non-hydrogen) atoms. The van der Waals surface area contributed by atoms with E-state index in [0.717, 1.165) is 4.47 Å². The Bertz CT molecular complexity index is 540. The van der Waals surface area contributed by atoms with Crippen molar-refractivity contribution in [3.05, 3.63) is 48.5 Å². The normalized spacial score (nSPS) is 12.5. The molecule has 0 aliphatic heterocycles. The molecule has 0 saturated heterocycles. The zero-order chi connectivity index (χ0) is 13.3. The van der Waals surface area contributed by atoms with E-state index in [2.05, 4.69) is 81.5 Å². The standard InChI is InChI=1S/C14H15Br2NS/c1-8-6-11(15)7-9(2)13(8)17-10(3)14-12(16)4-5-18-14/h4-7,10,17H,1-3H3. The predicted octanol–water partition coefficient (Wildman–Crippen LogP) is 6.06. The van der Waals surface area contributed by atoms with Gasteiger partial charge in [0, 0.05) is 19.5 Å². The third-order valence-electron chi connectivity index (χ3n) is 2.90. The molecule has 2 rings (SSSR count). The maximum atomic E-state index is 3.61. The fraction of sp³-hybridized carbons (Fsp3) is 0.286. The van der Waals surface area contributed by atoms with Gasteiger partial charge in [0.05, 0.1) is 6.04 Å². The summed E-state index contributed by atoms with van der Waals surface area (Å²) in [6, 6.07) is 6.69. The summed E-state index contributed by atoms with van der Waals surface area (Å²) in [7, 11) is 0. The Morgan fingerprint density at radius 3 is 2.28 bits per heavy atom. The number of aryl methyl sites for hydroxylation is 2. The Morgan fingerprint density at radius 2 is 1.78 bits per heavy atom. The van der Waals surface area contributed by atoms with E-state index in [1.807, 2.05) is 0 Å². The van der Waals surface area contributed by atoms with E-state index in [9.17, 15) is 0 Å². The third-order valence-corrected chi connectivity index (χ3v) is 5.41. The van der Waals surface area contributed by atoms with Crippen LogP contribution in [0.2, 0.25) is 0 Å². The second kappa shape index (κ2) is 5.76. The van der Waals surface area contributed by atoms with Crippen LogP contribution in [-0.2, 0) is 0 Å². The van der Waals surface area contributed by atoms with Crippen LogP contribution in [0.4, 0.5) is 5.69 Å². The molecule has 1 heterocycles. The van der Waals surface area contributed by atoms with Crippen LogP contribution in [0.5, 0.6) is 0 Å². The molecule has 96 valence electrons. The van der Waals surface area contributed by atoms with Gasteiger partial charge in [-0.15, -0.1) is 11.3 Å². The topological polar surface area (TPSA) is 12.0 Å². The quantitative estimate of drug-likeness (QED) is 0.673. The van der Waals surface area contributed by atoms with Crippen molar-refractivity contribution in [2.75, 3.05) is 5.32 Å². The fourth-order valence-corrected chi connectivity index (χ4v) is 4.45. The van der Waals surface area contributed by atoms with Crippen LogP contribution in [-0.4, -0.2) is 0 Å². The molecule has 0 aliphatic carbocycles. The number of anilines is 1. The number of rotatable bonds is 3. The summed E-state index contributed by atoms with van der Waals surface area (Å²) in [5, 5.41) is 5.72. The van der Waals surface area contributed by atoms with Gasteiger partial charge in [-0.05, 0) is 71.4 Å². The first-order valence-electron chi connectivity index (χ1n) is 5.75. The van der Waals surface area contributed by atoms with Gasteiger partial charge < -0.3 is 5.32 Å². The van der Waals surface area contributed by atoms with Gasteiger partial charge in [0.15, 0.2) is 0 Å². The molecule has 1 unspecified atom stereocenters. The predicted molar refractivity (Wildman–Crippen MR) is 87.7 cm³/mol. The highest BCUT2D eigenvalue weighted by atomic mass is 79.9. The molecule has 0 radical (unpaired) electrons. The van der Waals surface area contributed by atoms with E-state index in [1.54, 1.807) is 11.3 Å². The fourth-order valence-electron chi connectivity index (χ4n) is 2.03. The SMILES string of the molecule is Cc1cc(Br)cc(C)c1NC(C)c1sccc1Br. The lowest BCUT2D eigenvalue weighted by Gasteiger charge is -2.19. The molecule has 0 spiro atoms. The van der Waals surface area contributed by atoms with E-state index < -0.39 is 0 Å². The Hall–Kier alpha value is -0.320. The van der Waals surface area contributed by atoms with Gasteiger partial charge in [0.2, 0.25) is 0 Å². The number of halogens is 2. The van der Waals surface area contributed by atoms with Gasteiger partial charge in [-0.1, -0.05) is 15.9 Å². The highest BCUT2D eigenvalue weighted by Gasteiger charge is 2.13. The third kappa shape index (κ3) is 2.98. The smallest absolute Gasteiger partial charge is 0.0590 e. The van der Waals surface area contributed by atoms with Gasteiger partial charge >= 0.3 is 0 Å². The number of thiophene rings is 1. The number of hydrogen-bond donors (Lipinski definition) is 1. The first-order chi connectivity index (χ1) is 8.49. The largest absolute Gasteiger partial charge is 0.377 e. The van der Waals surface area contributed by atoms with Crippen molar-refractivity contribution in [1.29, 1.82) is 0 Å². The summed E-state index contributed by atoms with van der Waals surface area (Å²) in [5.41, 5.74) is 3.76. The lowest BCUT2D eigenvalue weighted by atomic mass is 10.1. The molecule has 4 heteroatoms. The maximum Gasteiger partial charge on any atom is 0.0590 e. The van der Waals surface area contributed by atoms with Crippen LogP contribution in [0, 0.1) is 13.8 Å². The second-order valence-corrected chi connectivity index (χ2v) is 7.13. The van der Waals surface area contributed by atoms with Crippen molar-refractivity contribution in [2.24, 2.45) is 0 Å². The van der Waals surface area contributed by atoms with Crippen LogP contribution in [0.15, 0.2) is 32.5 Å². The Kier molecular flexibility index (Phi) is 4.51. The van der Waals surface area contributed by atoms with E-state index in [0.29, 0.717) is 6.04 Å². The highest BCUT2D eigenvalue weighted by molar-refractivity contribution is 9.10. The lowest BCUT2D eigenvalue weighted by molar-refractivity contribution is 0.898. The van der Waals surface area contributed by atoms with Crippen LogP contribution >= 0.6 is 43.2 Å². The minimum absolute atomic E-state index is 0.304. The summed E-state index contributed by atoms with van der Waals surface area (Å²) in [4.78, 5) is 1.33. The van der Waals surface area contributed by atoms with Crippen LogP contribution in [0.3, 0.4) is 0 Å². The Morgan fingerprint density at radius 1 is 1.17 bits per heavy atom. The van der Waals surface area contributed by atoms with Crippen molar-refractivity contribution < 1.29 is 0 Å². The van der Waals surface area contributed by atoms with Crippen molar-refractivity contribution in [2.45, 2.75) is 26.8 Å². The molecule has 1 nitrogen and oxygen atoms in total. The van der Waals surface area contributed by atoms with E-state index in [4.69, 9.17) is 0 Å². The minimum atomic E-state index is 0.304. The first-order valence-corrected chi connectivity index (χ1v) is 8.21. The first kappa shape index (κ1) is 14.1. The molecule has 0 bridgehead atoms. The maximum absolute atomic E-state index is 3.61. The molecule has 1 N–H and O–H groups in total. The molecule has 0 fully saturated rings. The Labute approximate surface area is 129 Å². The molecule has 2 aromatic rings. The molecule has 1 aromatic carbocycles. The molecular weight excluding hydrogens is 374 g/mol. The Balaban J connectivity index is 2.27. The highest BCUT2D eigenvalue weighted by Crippen LogP contribution is 2.33.